The average molecular weight is 484 g/mol. The lowest BCUT2D eigenvalue weighted by molar-refractivity contribution is -0.138. The maximum absolute atomic E-state index is 13.6. The minimum Gasteiger partial charge on any atom is -0.381 e. The molecule has 0 bridgehead atoms. The van der Waals surface area contributed by atoms with Crippen LogP contribution in [0.4, 0.5) is 0 Å². The molecule has 2 saturated heterocycles. The zero-order valence-corrected chi connectivity index (χ0v) is 21.3. The highest BCUT2D eigenvalue weighted by atomic mass is 32.2. The number of nitrogens with zero attached hydrogens (tertiary/aromatic N) is 1. The van der Waals surface area contributed by atoms with Crippen molar-refractivity contribution < 1.29 is 22.7 Å². The van der Waals surface area contributed by atoms with Crippen molar-refractivity contribution >= 4 is 21.8 Å². The predicted octanol–water partition coefficient (Wildman–Crippen LogP) is 2.21. The van der Waals surface area contributed by atoms with Crippen LogP contribution >= 0.6 is 0 Å². The van der Waals surface area contributed by atoms with Crippen LogP contribution in [0.15, 0.2) is 12.2 Å². The molecule has 3 aliphatic rings. The second kappa shape index (κ2) is 10.9. The van der Waals surface area contributed by atoms with E-state index in [1.165, 1.54) is 4.31 Å². The van der Waals surface area contributed by atoms with Gasteiger partial charge in [-0.15, -0.1) is 0 Å². The van der Waals surface area contributed by atoms with Gasteiger partial charge in [-0.25, -0.2) is 12.7 Å². The third-order valence-electron chi connectivity index (χ3n) is 7.36. The second-order valence-corrected chi connectivity index (χ2v) is 13.1. The summed E-state index contributed by atoms with van der Waals surface area (Å²) in [6.07, 6.45) is 7.72. The summed E-state index contributed by atoms with van der Waals surface area (Å²) in [6.45, 7) is 9.34. The first-order chi connectivity index (χ1) is 15.5. The lowest BCUT2D eigenvalue weighted by Crippen LogP contribution is -2.57. The molecule has 0 aromatic rings. The van der Waals surface area contributed by atoms with Gasteiger partial charge >= 0.3 is 0 Å². The molecule has 2 N–H and O–H groups in total. The van der Waals surface area contributed by atoms with Gasteiger partial charge in [0.1, 0.15) is 6.04 Å². The lowest BCUT2D eigenvalue weighted by Gasteiger charge is -2.41. The number of nitrogens with one attached hydrogen (secondary N) is 2. The first kappa shape index (κ1) is 26.2. The summed E-state index contributed by atoms with van der Waals surface area (Å²) in [6, 6.07) is -0.556. The summed E-state index contributed by atoms with van der Waals surface area (Å²) in [7, 11) is -3.36. The first-order valence-electron chi connectivity index (χ1n) is 12.4. The van der Waals surface area contributed by atoms with Crippen LogP contribution in [-0.4, -0.2) is 68.2 Å². The molecule has 3 rings (SSSR count). The van der Waals surface area contributed by atoms with Gasteiger partial charge in [-0.05, 0) is 58.3 Å². The Hall–Kier alpha value is -1.45. The highest BCUT2D eigenvalue weighted by Crippen LogP contribution is 2.38. The van der Waals surface area contributed by atoms with E-state index in [4.69, 9.17) is 4.74 Å². The van der Waals surface area contributed by atoms with Crippen LogP contribution in [0.3, 0.4) is 0 Å². The maximum atomic E-state index is 13.6. The Morgan fingerprint density at radius 3 is 2.45 bits per heavy atom. The van der Waals surface area contributed by atoms with Gasteiger partial charge < -0.3 is 15.4 Å². The van der Waals surface area contributed by atoms with Gasteiger partial charge in [0, 0.05) is 31.7 Å². The van der Waals surface area contributed by atoms with Crippen molar-refractivity contribution in [3.63, 3.8) is 0 Å². The molecule has 188 valence electrons. The fourth-order valence-corrected chi connectivity index (χ4v) is 6.38. The van der Waals surface area contributed by atoms with Crippen LogP contribution in [0.2, 0.25) is 0 Å². The Labute approximate surface area is 198 Å². The Bertz CT molecular complexity index is 831. The Morgan fingerprint density at radius 1 is 1.12 bits per heavy atom. The number of rotatable bonds is 4. The van der Waals surface area contributed by atoms with E-state index in [9.17, 15) is 18.0 Å². The van der Waals surface area contributed by atoms with Crippen molar-refractivity contribution in [1.29, 1.82) is 0 Å². The van der Waals surface area contributed by atoms with Crippen LogP contribution in [-0.2, 0) is 24.3 Å². The van der Waals surface area contributed by atoms with Crippen LogP contribution in [0, 0.1) is 17.3 Å². The van der Waals surface area contributed by atoms with Crippen molar-refractivity contribution in [2.45, 2.75) is 83.6 Å². The third kappa shape index (κ3) is 6.17. The topological polar surface area (TPSA) is 105 Å². The molecule has 0 aromatic heterocycles. The smallest absolute Gasteiger partial charge is 0.242 e. The van der Waals surface area contributed by atoms with Gasteiger partial charge in [0.25, 0.3) is 0 Å². The molecule has 0 aromatic carbocycles. The predicted molar refractivity (Wildman–Crippen MR) is 128 cm³/mol. The number of ether oxygens (including phenoxy) is 1. The standard InChI is InChI=1S/C24H41N3O5S/c1-17(2)15-21-22(28)25-20-8-14-32-16-19(20)7-5-6-9-24(23(29)26-21)10-12-27(13-11-24)33(30,31)18(3)4/h5-6,17-21H,7-16H2,1-4H3,(H,25,28)(H,26,29)/b6-5+/t19-,20+,21+/m0/s1. The summed E-state index contributed by atoms with van der Waals surface area (Å²) in [5.74, 6) is 0.184. The average Bonchev–Trinajstić information content (AvgIpc) is 2.76. The van der Waals surface area contributed by atoms with Crippen LogP contribution in [0.5, 0.6) is 0 Å². The van der Waals surface area contributed by atoms with Crippen molar-refractivity contribution in [1.82, 2.24) is 14.9 Å². The van der Waals surface area contributed by atoms with E-state index >= 15 is 0 Å². The number of carbonyl (C=O) groups excluding carboxylic acids is 2. The molecular weight excluding hydrogens is 442 g/mol. The minimum atomic E-state index is -3.36. The third-order valence-corrected chi connectivity index (χ3v) is 9.64. The van der Waals surface area contributed by atoms with E-state index in [0.717, 1.165) is 12.8 Å². The molecule has 2 amide bonds. The number of hydrogen-bond donors (Lipinski definition) is 2. The largest absolute Gasteiger partial charge is 0.381 e. The number of piperidine rings is 1. The highest BCUT2D eigenvalue weighted by Gasteiger charge is 2.44. The summed E-state index contributed by atoms with van der Waals surface area (Å²) in [4.78, 5) is 26.8. The van der Waals surface area contributed by atoms with Crippen molar-refractivity contribution in [2.75, 3.05) is 26.3 Å². The van der Waals surface area contributed by atoms with Crippen molar-refractivity contribution in [3.05, 3.63) is 12.2 Å². The fraction of sp³-hybridized carbons (Fsp3) is 0.833. The van der Waals surface area contributed by atoms with Gasteiger partial charge in [-0.2, -0.15) is 0 Å². The Kier molecular flexibility index (Phi) is 8.61. The summed E-state index contributed by atoms with van der Waals surface area (Å²) in [5, 5.41) is 5.77. The van der Waals surface area contributed by atoms with Crippen LogP contribution in [0.25, 0.3) is 0 Å². The number of amides is 2. The van der Waals surface area contributed by atoms with E-state index in [0.29, 0.717) is 52.0 Å². The van der Waals surface area contributed by atoms with Crippen LogP contribution < -0.4 is 10.6 Å². The molecule has 0 radical (unpaired) electrons. The summed E-state index contributed by atoms with van der Waals surface area (Å²) < 4.78 is 32.5. The molecule has 33 heavy (non-hydrogen) atoms. The zero-order valence-electron chi connectivity index (χ0n) is 20.5. The number of hydrogen-bond acceptors (Lipinski definition) is 5. The molecule has 0 aliphatic carbocycles. The molecule has 0 saturated carbocycles. The highest BCUT2D eigenvalue weighted by molar-refractivity contribution is 7.89. The molecule has 3 atom stereocenters. The van der Waals surface area contributed by atoms with E-state index in [1.54, 1.807) is 13.8 Å². The number of carbonyl (C=O) groups is 2. The summed E-state index contributed by atoms with van der Waals surface area (Å²) >= 11 is 0. The fourth-order valence-electron chi connectivity index (χ4n) is 5.09. The van der Waals surface area contributed by atoms with Crippen LogP contribution in [0.1, 0.15) is 66.2 Å². The van der Waals surface area contributed by atoms with Crippen molar-refractivity contribution in [3.8, 4) is 0 Å². The quantitative estimate of drug-likeness (QED) is 0.597. The SMILES string of the molecule is CC(C)C[C@H]1NC(=O)C2(C/C=C/C[C@H]3COCC[C@H]3NC1=O)CCN(S(=O)(=O)C(C)C)CC2. The zero-order chi connectivity index (χ0) is 24.2. The van der Waals surface area contributed by atoms with E-state index in [-0.39, 0.29) is 29.7 Å². The monoisotopic (exact) mass is 483 g/mol. The number of sulfonamides is 1. The number of allylic oxidation sites excluding steroid dienone is 2. The molecule has 3 aliphatic heterocycles. The molecule has 3 heterocycles. The van der Waals surface area contributed by atoms with E-state index in [2.05, 4.69) is 22.8 Å². The molecule has 8 nitrogen and oxygen atoms in total. The summed E-state index contributed by atoms with van der Waals surface area (Å²) in [5.41, 5.74) is -0.712. The number of fused-ring (bicyclic) bond motifs is 1. The molecule has 2 fully saturated rings. The van der Waals surface area contributed by atoms with E-state index in [1.807, 2.05) is 13.8 Å². The maximum Gasteiger partial charge on any atom is 0.242 e. The van der Waals surface area contributed by atoms with Gasteiger partial charge in [-0.3, -0.25) is 9.59 Å². The first-order valence-corrected chi connectivity index (χ1v) is 13.9. The van der Waals surface area contributed by atoms with Gasteiger partial charge in [-0.1, -0.05) is 26.0 Å². The van der Waals surface area contributed by atoms with Gasteiger partial charge in [0.2, 0.25) is 21.8 Å². The Balaban J connectivity index is 1.85. The molecule has 9 heteroatoms. The molecule has 1 spiro atoms. The van der Waals surface area contributed by atoms with E-state index < -0.39 is 26.7 Å². The Morgan fingerprint density at radius 2 is 1.82 bits per heavy atom. The second-order valence-electron chi connectivity index (χ2n) is 10.6. The lowest BCUT2D eigenvalue weighted by atomic mass is 9.74. The van der Waals surface area contributed by atoms with Gasteiger partial charge in [0.05, 0.1) is 17.3 Å². The van der Waals surface area contributed by atoms with Gasteiger partial charge in [0.15, 0.2) is 0 Å². The minimum absolute atomic E-state index is 0.0420. The van der Waals surface area contributed by atoms with Crippen molar-refractivity contribution in [2.24, 2.45) is 17.3 Å². The molecular formula is C24H41N3O5S. The normalized spacial score (nSPS) is 30.8. The molecule has 0 unspecified atom stereocenters.